The molecule has 2 atom stereocenters. The van der Waals surface area contributed by atoms with Gasteiger partial charge in [0.05, 0.1) is 12.2 Å². The van der Waals surface area contributed by atoms with Gasteiger partial charge in [-0.05, 0) is 50.2 Å². The number of carbonyl (C=O) groups excluding carboxylic acids is 1. The van der Waals surface area contributed by atoms with E-state index in [0.717, 1.165) is 30.7 Å². The van der Waals surface area contributed by atoms with Crippen LogP contribution in [0.25, 0.3) is 0 Å². The summed E-state index contributed by atoms with van der Waals surface area (Å²) in [7, 11) is 0. The van der Waals surface area contributed by atoms with E-state index in [4.69, 9.17) is 11.1 Å². The number of carbonyl (C=O) groups is 1. The molecule has 0 radical (unpaired) electrons. The number of hydrogen-bond acceptors (Lipinski definition) is 6. The fourth-order valence-corrected chi connectivity index (χ4v) is 5.24. The molecule has 7 nitrogen and oxygen atoms in total. The van der Waals surface area contributed by atoms with Gasteiger partial charge in [-0.3, -0.25) is 19.6 Å². The van der Waals surface area contributed by atoms with Crippen molar-refractivity contribution in [3.8, 4) is 0 Å². The van der Waals surface area contributed by atoms with Crippen molar-refractivity contribution >= 4 is 28.6 Å². The minimum absolute atomic E-state index is 0.0221. The lowest BCUT2D eigenvalue weighted by atomic mass is 10.0. The number of ketones is 1. The highest BCUT2D eigenvalue weighted by molar-refractivity contribution is 7.10. The van der Waals surface area contributed by atoms with Gasteiger partial charge in [-0.25, -0.2) is 4.98 Å². The van der Waals surface area contributed by atoms with Crippen molar-refractivity contribution in [2.45, 2.75) is 65.3 Å². The van der Waals surface area contributed by atoms with Crippen LogP contribution in [0.1, 0.15) is 67.9 Å². The van der Waals surface area contributed by atoms with Gasteiger partial charge < -0.3 is 11.1 Å². The number of rotatable bonds is 10. The average Bonchev–Trinajstić information content (AvgIpc) is 3.52. The fourth-order valence-electron chi connectivity index (χ4n) is 4.19. The smallest absolute Gasteiger partial charge is 0.277 e. The molecule has 3 heterocycles. The Labute approximate surface area is 217 Å². The van der Waals surface area contributed by atoms with E-state index in [1.165, 1.54) is 23.8 Å². The summed E-state index contributed by atoms with van der Waals surface area (Å²) >= 11 is 1.70. The topological polar surface area (TPSA) is 114 Å². The maximum absolute atomic E-state index is 12.5. The van der Waals surface area contributed by atoms with E-state index in [-0.39, 0.29) is 23.2 Å². The van der Waals surface area contributed by atoms with Gasteiger partial charge in [0.1, 0.15) is 17.3 Å². The first-order valence-electron chi connectivity index (χ1n) is 12.6. The number of thiophene rings is 1. The van der Waals surface area contributed by atoms with E-state index in [1.54, 1.807) is 22.1 Å². The third-order valence-corrected chi connectivity index (χ3v) is 7.46. The molecule has 4 rings (SSSR count). The highest BCUT2D eigenvalue weighted by Gasteiger charge is 2.28. The van der Waals surface area contributed by atoms with Crippen molar-refractivity contribution in [2.75, 3.05) is 11.9 Å². The number of benzene rings is 1. The van der Waals surface area contributed by atoms with Crippen molar-refractivity contribution in [1.82, 2.24) is 9.55 Å². The number of nitrogen functional groups attached to an aromatic ring is 1. The first-order valence-corrected chi connectivity index (χ1v) is 13.5. The number of anilines is 1. The Bertz CT molecular complexity index is 1220. The zero-order valence-electron chi connectivity index (χ0n) is 21.4. The van der Waals surface area contributed by atoms with E-state index in [1.807, 2.05) is 29.6 Å². The van der Waals surface area contributed by atoms with E-state index < -0.39 is 0 Å². The molecule has 0 saturated carbocycles. The summed E-state index contributed by atoms with van der Waals surface area (Å²) in [5.74, 6) is 1.63. The summed E-state index contributed by atoms with van der Waals surface area (Å²) in [6.45, 7) is 6.68. The molecule has 3 aromatic rings. The third kappa shape index (κ3) is 7.37. The molecule has 192 valence electrons. The van der Waals surface area contributed by atoms with Gasteiger partial charge >= 0.3 is 0 Å². The van der Waals surface area contributed by atoms with Crippen molar-refractivity contribution in [3.63, 3.8) is 0 Å². The molecular weight excluding hydrogens is 470 g/mol. The molecule has 1 aliphatic rings. The second-order valence-corrected chi connectivity index (χ2v) is 10.4. The van der Waals surface area contributed by atoms with Crippen molar-refractivity contribution < 1.29 is 4.79 Å². The van der Waals surface area contributed by atoms with Crippen LogP contribution in [0.15, 0.2) is 52.8 Å². The van der Waals surface area contributed by atoms with Crippen LogP contribution >= 0.6 is 11.3 Å². The molecule has 0 aliphatic carbocycles. The summed E-state index contributed by atoms with van der Waals surface area (Å²) in [5, 5.41) is 12.4. The minimum Gasteiger partial charge on any atom is -0.384 e. The van der Waals surface area contributed by atoms with E-state index in [2.05, 4.69) is 36.3 Å². The van der Waals surface area contributed by atoms with Gasteiger partial charge in [0.15, 0.2) is 5.78 Å². The molecule has 0 spiro atoms. The summed E-state index contributed by atoms with van der Waals surface area (Å²) in [6.07, 6.45) is 7.16. The van der Waals surface area contributed by atoms with Crippen LogP contribution in [0.2, 0.25) is 0 Å². The van der Waals surface area contributed by atoms with Gasteiger partial charge in [0.2, 0.25) is 0 Å². The van der Waals surface area contributed by atoms with Crippen LogP contribution in [-0.2, 0) is 24.1 Å². The lowest BCUT2D eigenvalue weighted by Gasteiger charge is -2.13. The highest BCUT2D eigenvalue weighted by Crippen LogP contribution is 2.23. The molecule has 0 bridgehead atoms. The number of amidine groups is 1. The number of Topliss-reactive ketones (excluding diaryl/α,β-unsaturated/α-hetero) is 1. The Morgan fingerprint density at radius 2 is 2.08 bits per heavy atom. The molecule has 0 amide bonds. The number of hydrogen-bond donors (Lipinski definition) is 3. The van der Waals surface area contributed by atoms with E-state index in [9.17, 15) is 9.59 Å². The number of aryl methyl sites for hydroxylation is 2. The van der Waals surface area contributed by atoms with Crippen molar-refractivity contribution in [1.29, 1.82) is 5.41 Å². The molecule has 2 unspecified atom stereocenters. The predicted molar refractivity (Wildman–Crippen MR) is 148 cm³/mol. The van der Waals surface area contributed by atoms with Gasteiger partial charge in [-0.2, -0.15) is 0 Å². The predicted octanol–water partition coefficient (Wildman–Crippen LogP) is 4.99. The Balaban J connectivity index is 0.000000236. The minimum atomic E-state index is -0.351. The quantitative estimate of drug-likeness (QED) is 0.203. The Morgan fingerprint density at radius 3 is 2.72 bits per heavy atom. The molecule has 36 heavy (non-hydrogen) atoms. The van der Waals surface area contributed by atoms with Gasteiger partial charge in [-0.1, -0.05) is 50.6 Å². The summed E-state index contributed by atoms with van der Waals surface area (Å²) < 4.78 is 1.56. The molecule has 0 fully saturated rings. The van der Waals surface area contributed by atoms with Gasteiger partial charge in [-0.15, -0.1) is 11.3 Å². The third-order valence-electron chi connectivity index (χ3n) is 6.50. The number of nitrogens with two attached hydrogens (primary N) is 1. The van der Waals surface area contributed by atoms with Crippen LogP contribution < -0.4 is 16.6 Å². The molecule has 1 aliphatic heterocycles. The van der Waals surface area contributed by atoms with Crippen LogP contribution in [-0.4, -0.2) is 27.7 Å². The normalized spacial score (nSPS) is 14.9. The Hall–Kier alpha value is -3.26. The molecule has 8 heteroatoms. The maximum Gasteiger partial charge on any atom is 0.277 e. The zero-order chi connectivity index (χ0) is 26.1. The van der Waals surface area contributed by atoms with Crippen LogP contribution in [0.3, 0.4) is 0 Å². The Morgan fingerprint density at radius 1 is 1.33 bits per heavy atom. The van der Waals surface area contributed by atoms with Crippen LogP contribution in [0, 0.1) is 11.3 Å². The van der Waals surface area contributed by atoms with Gasteiger partial charge in [0.25, 0.3) is 5.56 Å². The number of nitrogens with one attached hydrogen (secondary N) is 2. The highest BCUT2D eigenvalue weighted by atomic mass is 32.1. The van der Waals surface area contributed by atoms with Crippen LogP contribution in [0.4, 0.5) is 5.69 Å². The fraction of sp³-hybridized carbons (Fsp3) is 0.429. The second kappa shape index (κ2) is 13.2. The van der Waals surface area contributed by atoms with Gasteiger partial charge in [0, 0.05) is 28.8 Å². The largest absolute Gasteiger partial charge is 0.384 e. The zero-order valence-corrected chi connectivity index (χ0v) is 22.2. The number of nitrogens with zero attached hydrogens (tertiary/aromatic N) is 2. The lowest BCUT2D eigenvalue weighted by molar-refractivity contribution is -0.120. The second-order valence-electron chi connectivity index (χ2n) is 9.38. The molecule has 2 aromatic heterocycles. The Kier molecular flexibility index (Phi) is 9.99. The van der Waals surface area contributed by atoms with E-state index >= 15 is 0 Å². The monoisotopic (exact) mass is 507 g/mol. The summed E-state index contributed by atoms with van der Waals surface area (Å²) in [5.41, 5.74) is 7.88. The molecule has 0 saturated heterocycles. The molecular formula is C28H37N5O2S. The number of aromatic nitrogens is 2. The maximum atomic E-state index is 12.5. The summed E-state index contributed by atoms with van der Waals surface area (Å²) in [6, 6.07) is 11.9. The average molecular weight is 508 g/mol. The van der Waals surface area contributed by atoms with E-state index in [0.29, 0.717) is 30.9 Å². The first kappa shape index (κ1) is 27.3. The van der Waals surface area contributed by atoms with Crippen LogP contribution in [0.5, 0.6) is 0 Å². The first-order chi connectivity index (χ1) is 17.3. The SMILES string of the molecule is CC(=O)C1CCc2ncc(NCCCc3ccccc3)c(=O)n21.CCC(C)Cc1cc(C(=N)N)cs1. The number of fused-ring (bicyclic) bond motifs is 1. The molecule has 1 aromatic carbocycles. The lowest BCUT2D eigenvalue weighted by Crippen LogP contribution is -2.29. The molecule has 4 N–H and O–H groups in total. The van der Waals surface area contributed by atoms with Crippen molar-refractivity contribution in [2.24, 2.45) is 11.7 Å². The van der Waals surface area contributed by atoms with Crippen molar-refractivity contribution in [3.05, 3.63) is 80.2 Å². The summed E-state index contributed by atoms with van der Waals surface area (Å²) in [4.78, 5) is 29.9. The standard InChI is InChI=1S/C18H21N3O2.C10H16N2S/c1-13(22)16-9-10-17-20-12-15(18(23)21(16)17)19-11-5-8-14-6-3-2-4-7-14;1-3-7(2)4-9-5-8(6-13-9)10(11)12/h2-4,6-7,12,16,19H,5,8-11H2,1H3;5-7H,3-4H2,1-2H3,(H3,11,12).